The molecule has 0 radical (unpaired) electrons. The van der Waals surface area contributed by atoms with Crippen molar-refractivity contribution >= 4 is 0 Å². The largest absolute Gasteiger partial charge is 0.306 e. The molecule has 1 nitrogen and oxygen atoms in total. The summed E-state index contributed by atoms with van der Waals surface area (Å²) in [6.45, 7) is 9.20. The van der Waals surface area contributed by atoms with Crippen LogP contribution in [0.3, 0.4) is 0 Å². The monoisotopic (exact) mass is 189 g/mol. The summed E-state index contributed by atoms with van der Waals surface area (Å²) >= 11 is 0. The molecule has 0 saturated heterocycles. The first-order valence-electron chi connectivity index (χ1n) is 5.19. The third-order valence-electron chi connectivity index (χ3n) is 2.46. The summed E-state index contributed by atoms with van der Waals surface area (Å²) in [5, 5.41) is 3.45. The van der Waals surface area contributed by atoms with E-state index in [1.54, 1.807) is 0 Å². The minimum absolute atomic E-state index is 0.402. The topological polar surface area (TPSA) is 12.0 Å². The van der Waals surface area contributed by atoms with Gasteiger partial charge in [0.25, 0.3) is 0 Å². The third kappa shape index (κ3) is 3.35. The first-order valence-corrected chi connectivity index (χ1v) is 5.19. The Morgan fingerprint density at radius 3 is 2.57 bits per heavy atom. The molecule has 0 fully saturated rings. The summed E-state index contributed by atoms with van der Waals surface area (Å²) in [7, 11) is 0. The molecule has 0 spiro atoms. The van der Waals surface area contributed by atoms with Gasteiger partial charge in [0.05, 0.1) is 0 Å². The molecule has 76 valence electrons. The molecule has 0 unspecified atom stereocenters. The Labute approximate surface area is 86.8 Å². The Bertz CT molecular complexity index is 277. The Morgan fingerprint density at radius 1 is 1.36 bits per heavy atom. The van der Waals surface area contributed by atoms with Gasteiger partial charge in [-0.05, 0) is 18.9 Å². The molecule has 0 aliphatic carbocycles. The van der Waals surface area contributed by atoms with Gasteiger partial charge in [0.1, 0.15) is 0 Å². The summed E-state index contributed by atoms with van der Waals surface area (Å²) in [4.78, 5) is 0. The molecule has 1 N–H and O–H groups in total. The van der Waals surface area contributed by atoms with Gasteiger partial charge >= 0.3 is 0 Å². The Hall–Kier alpha value is -1.08. The molecule has 0 amide bonds. The second-order valence-electron chi connectivity index (χ2n) is 3.62. The van der Waals surface area contributed by atoms with Crippen molar-refractivity contribution in [3.63, 3.8) is 0 Å². The van der Waals surface area contributed by atoms with E-state index in [0.717, 1.165) is 13.0 Å². The molecule has 0 aliphatic heterocycles. The van der Waals surface area contributed by atoms with Crippen LogP contribution in [0.1, 0.15) is 31.9 Å². The quantitative estimate of drug-likeness (QED) is 0.701. The van der Waals surface area contributed by atoms with Crippen molar-refractivity contribution < 1.29 is 0 Å². The van der Waals surface area contributed by atoms with Crippen molar-refractivity contribution in [3.05, 3.63) is 48.0 Å². The fourth-order valence-electron chi connectivity index (χ4n) is 1.28. The fourth-order valence-corrected chi connectivity index (χ4v) is 1.28. The minimum Gasteiger partial charge on any atom is -0.306 e. The Balaban J connectivity index is 2.43. The molecule has 1 aromatic carbocycles. The lowest BCUT2D eigenvalue weighted by Gasteiger charge is -2.14. The second-order valence-corrected chi connectivity index (χ2v) is 3.62. The smallest absolute Gasteiger partial charge is 0.0294 e. The SMILES string of the molecule is C=C(CC)CN[C@H](C)c1ccccc1. The predicted octanol–water partition coefficient (Wildman–Crippen LogP) is 3.30. The molecular weight excluding hydrogens is 170 g/mol. The van der Waals surface area contributed by atoms with Gasteiger partial charge in [-0.15, -0.1) is 0 Å². The lowest BCUT2D eigenvalue weighted by atomic mass is 10.1. The summed E-state index contributed by atoms with van der Waals surface area (Å²) in [5.41, 5.74) is 2.59. The predicted molar refractivity (Wildman–Crippen MR) is 62.3 cm³/mol. The lowest BCUT2D eigenvalue weighted by molar-refractivity contribution is 0.602. The maximum absolute atomic E-state index is 3.98. The van der Waals surface area contributed by atoms with Crippen molar-refractivity contribution in [1.82, 2.24) is 5.32 Å². The normalized spacial score (nSPS) is 12.4. The van der Waals surface area contributed by atoms with Crippen LogP contribution in [0.4, 0.5) is 0 Å². The zero-order valence-electron chi connectivity index (χ0n) is 9.09. The van der Waals surface area contributed by atoms with Gasteiger partial charge in [-0.3, -0.25) is 0 Å². The van der Waals surface area contributed by atoms with E-state index in [1.807, 2.05) is 6.07 Å². The van der Waals surface area contributed by atoms with E-state index in [1.165, 1.54) is 11.1 Å². The average molecular weight is 189 g/mol. The van der Waals surface area contributed by atoms with Crippen molar-refractivity contribution in [2.24, 2.45) is 0 Å². The summed E-state index contributed by atoms with van der Waals surface area (Å²) in [6, 6.07) is 10.9. The standard InChI is InChI=1S/C13H19N/c1-4-11(2)10-14-12(3)13-8-6-5-7-9-13/h5-9,12,14H,2,4,10H2,1,3H3/t12-/m1/s1. The average Bonchev–Trinajstić information content (AvgIpc) is 2.26. The van der Waals surface area contributed by atoms with Gasteiger partial charge in [0.15, 0.2) is 0 Å². The zero-order valence-corrected chi connectivity index (χ0v) is 9.09. The van der Waals surface area contributed by atoms with Crippen LogP contribution < -0.4 is 5.32 Å². The first kappa shape index (κ1) is 11.0. The van der Waals surface area contributed by atoms with E-state index in [9.17, 15) is 0 Å². The molecule has 14 heavy (non-hydrogen) atoms. The van der Waals surface area contributed by atoms with Crippen LogP contribution in [0.25, 0.3) is 0 Å². The van der Waals surface area contributed by atoms with E-state index in [4.69, 9.17) is 0 Å². The molecule has 1 heteroatoms. The number of rotatable bonds is 5. The molecule has 0 heterocycles. The first-order chi connectivity index (χ1) is 6.74. The van der Waals surface area contributed by atoms with E-state index in [-0.39, 0.29) is 0 Å². The Morgan fingerprint density at radius 2 is 2.00 bits per heavy atom. The van der Waals surface area contributed by atoms with Crippen LogP contribution >= 0.6 is 0 Å². The maximum Gasteiger partial charge on any atom is 0.0294 e. The zero-order chi connectivity index (χ0) is 10.4. The van der Waals surface area contributed by atoms with Gasteiger partial charge in [0.2, 0.25) is 0 Å². The van der Waals surface area contributed by atoms with Crippen LogP contribution in [-0.2, 0) is 0 Å². The maximum atomic E-state index is 3.98. The highest BCUT2D eigenvalue weighted by Crippen LogP contribution is 2.11. The summed E-state index contributed by atoms with van der Waals surface area (Å²) in [6.07, 6.45) is 1.05. The lowest BCUT2D eigenvalue weighted by Crippen LogP contribution is -2.20. The van der Waals surface area contributed by atoms with Gasteiger partial charge in [-0.2, -0.15) is 0 Å². The molecule has 0 saturated carbocycles. The highest BCUT2D eigenvalue weighted by Gasteiger charge is 2.02. The van der Waals surface area contributed by atoms with Crippen LogP contribution in [0.2, 0.25) is 0 Å². The van der Waals surface area contributed by atoms with E-state index < -0.39 is 0 Å². The van der Waals surface area contributed by atoms with Crippen molar-refractivity contribution in [2.45, 2.75) is 26.3 Å². The second kappa shape index (κ2) is 5.61. The van der Waals surface area contributed by atoms with E-state index in [2.05, 4.69) is 50.0 Å². The number of nitrogens with one attached hydrogen (secondary N) is 1. The molecular formula is C13H19N. The van der Waals surface area contributed by atoms with Gasteiger partial charge in [0, 0.05) is 12.6 Å². The van der Waals surface area contributed by atoms with Crippen LogP contribution in [-0.4, -0.2) is 6.54 Å². The van der Waals surface area contributed by atoms with Crippen LogP contribution in [0.5, 0.6) is 0 Å². The van der Waals surface area contributed by atoms with Crippen LogP contribution in [0, 0.1) is 0 Å². The molecule has 0 aromatic heterocycles. The van der Waals surface area contributed by atoms with Crippen molar-refractivity contribution in [3.8, 4) is 0 Å². The number of benzene rings is 1. The minimum atomic E-state index is 0.402. The fraction of sp³-hybridized carbons (Fsp3) is 0.385. The van der Waals surface area contributed by atoms with Crippen molar-refractivity contribution in [1.29, 1.82) is 0 Å². The summed E-state index contributed by atoms with van der Waals surface area (Å²) in [5.74, 6) is 0. The molecule has 1 atom stereocenters. The van der Waals surface area contributed by atoms with Gasteiger partial charge in [-0.25, -0.2) is 0 Å². The Kier molecular flexibility index (Phi) is 4.41. The third-order valence-corrected chi connectivity index (χ3v) is 2.46. The van der Waals surface area contributed by atoms with E-state index in [0.29, 0.717) is 6.04 Å². The van der Waals surface area contributed by atoms with Gasteiger partial charge in [-0.1, -0.05) is 49.4 Å². The van der Waals surface area contributed by atoms with Crippen LogP contribution in [0.15, 0.2) is 42.5 Å². The highest BCUT2D eigenvalue weighted by atomic mass is 14.9. The molecule has 0 aliphatic rings. The van der Waals surface area contributed by atoms with Gasteiger partial charge < -0.3 is 5.32 Å². The highest BCUT2D eigenvalue weighted by molar-refractivity contribution is 5.18. The summed E-state index contributed by atoms with van der Waals surface area (Å²) < 4.78 is 0. The van der Waals surface area contributed by atoms with Crippen molar-refractivity contribution in [2.75, 3.05) is 6.54 Å². The number of hydrogen-bond acceptors (Lipinski definition) is 1. The molecule has 0 bridgehead atoms. The molecule has 1 rings (SSSR count). The number of hydrogen-bond donors (Lipinski definition) is 1. The van der Waals surface area contributed by atoms with E-state index >= 15 is 0 Å². The molecule has 1 aromatic rings.